The van der Waals surface area contributed by atoms with Crippen LogP contribution in [0.25, 0.3) is 10.8 Å². The van der Waals surface area contributed by atoms with Crippen LogP contribution in [0.3, 0.4) is 0 Å². The second-order valence-corrected chi connectivity index (χ2v) is 3.29. The number of rotatable bonds is 3. The number of ether oxygens (including phenoxy) is 1. The Kier molecular flexibility index (Phi) is 2.74. The van der Waals surface area contributed by atoms with Gasteiger partial charge in [-0.1, -0.05) is 12.1 Å². The molecular weight excluding hydrogens is 190 g/mol. The van der Waals surface area contributed by atoms with Crippen molar-refractivity contribution in [1.29, 1.82) is 0 Å². The summed E-state index contributed by atoms with van der Waals surface area (Å²) in [5, 5.41) is 2.05. The van der Waals surface area contributed by atoms with Crippen LogP contribution in [0.15, 0.2) is 36.7 Å². The van der Waals surface area contributed by atoms with Crippen molar-refractivity contribution in [2.45, 2.75) is 0 Å². The van der Waals surface area contributed by atoms with Gasteiger partial charge >= 0.3 is 0 Å². The minimum atomic E-state index is -0.00351. The number of fused-ring (bicyclic) bond motifs is 1. The summed E-state index contributed by atoms with van der Waals surface area (Å²) in [6.45, 7) is 0.122. The van der Waals surface area contributed by atoms with E-state index < -0.39 is 0 Å². The Morgan fingerprint density at radius 2 is 2.20 bits per heavy atom. The molecule has 0 N–H and O–H groups in total. The summed E-state index contributed by atoms with van der Waals surface area (Å²) in [5.74, 6) is -0.00351. The third-order valence-electron chi connectivity index (χ3n) is 2.24. The van der Waals surface area contributed by atoms with Crippen LogP contribution in [0.1, 0.15) is 10.4 Å². The molecule has 0 fully saturated rings. The van der Waals surface area contributed by atoms with Crippen LogP contribution in [0.2, 0.25) is 0 Å². The number of carbonyl (C=O) groups excluding carboxylic acids is 1. The van der Waals surface area contributed by atoms with E-state index in [2.05, 4.69) is 4.98 Å². The Morgan fingerprint density at radius 3 is 3.00 bits per heavy atom. The maximum Gasteiger partial charge on any atom is 0.188 e. The van der Waals surface area contributed by atoms with Gasteiger partial charge < -0.3 is 4.74 Å². The van der Waals surface area contributed by atoms with Gasteiger partial charge in [0.2, 0.25) is 0 Å². The van der Waals surface area contributed by atoms with E-state index in [1.165, 1.54) is 7.11 Å². The number of benzene rings is 1. The van der Waals surface area contributed by atoms with Crippen molar-refractivity contribution in [3.63, 3.8) is 0 Å². The number of hydrogen-bond acceptors (Lipinski definition) is 3. The van der Waals surface area contributed by atoms with Gasteiger partial charge in [-0.15, -0.1) is 0 Å². The number of pyridine rings is 1. The Balaban J connectivity index is 2.42. The van der Waals surface area contributed by atoms with E-state index >= 15 is 0 Å². The molecule has 0 aliphatic rings. The van der Waals surface area contributed by atoms with Crippen LogP contribution in [0, 0.1) is 0 Å². The Hall–Kier alpha value is -1.74. The summed E-state index contributed by atoms with van der Waals surface area (Å²) in [5.41, 5.74) is 0.676. The molecule has 76 valence electrons. The Bertz CT molecular complexity index is 494. The van der Waals surface area contributed by atoms with Gasteiger partial charge in [0.15, 0.2) is 5.78 Å². The average molecular weight is 201 g/mol. The van der Waals surface area contributed by atoms with Crippen molar-refractivity contribution in [1.82, 2.24) is 4.98 Å². The van der Waals surface area contributed by atoms with Crippen molar-refractivity contribution >= 4 is 16.6 Å². The number of nitrogens with zero attached hydrogens (tertiary/aromatic N) is 1. The second-order valence-electron chi connectivity index (χ2n) is 3.29. The average Bonchev–Trinajstić information content (AvgIpc) is 2.29. The van der Waals surface area contributed by atoms with Crippen LogP contribution in [-0.2, 0) is 4.74 Å². The first-order valence-electron chi connectivity index (χ1n) is 4.67. The molecule has 3 nitrogen and oxygen atoms in total. The monoisotopic (exact) mass is 201 g/mol. The standard InChI is InChI=1S/C12H11NO2/c1-15-8-12(14)10-2-3-11-7-13-5-4-9(11)6-10/h2-7H,8H2,1H3. The first-order chi connectivity index (χ1) is 7.31. The van der Waals surface area contributed by atoms with E-state index in [0.717, 1.165) is 10.8 Å². The largest absolute Gasteiger partial charge is 0.377 e. The van der Waals surface area contributed by atoms with Crippen LogP contribution in [0.5, 0.6) is 0 Å². The van der Waals surface area contributed by atoms with Gasteiger partial charge in [0, 0.05) is 30.5 Å². The van der Waals surface area contributed by atoms with E-state index in [0.29, 0.717) is 5.56 Å². The summed E-state index contributed by atoms with van der Waals surface area (Å²) in [4.78, 5) is 15.6. The fraction of sp³-hybridized carbons (Fsp3) is 0.167. The fourth-order valence-electron chi connectivity index (χ4n) is 1.47. The van der Waals surface area contributed by atoms with Gasteiger partial charge in [-0.25, -0.2) is 0 Å². The van der Waals surface area contributed by atoms with E-state index in [9.17, 15) is 4.79 Å². The fourth-order valence-corrected chi connectivity index (χ4v) is 1.47. The minimum absolute atomic E-state index is 0.00351. The summed E-state index contributed by atoms with van der Waals surface area (Å²) in [6.07, 6.45) is 3.49. The van der Waals surface area contributed by atoms with Gasteiger partial charge in [0.1, 0.15) is 6.61 Å². The molecule has 0 spiro atoms. The number of carbonyl (C=O) groups is 1. The molecule has 0 radical (unpaired) electrons. The predicted octanol–water partition coefficient (Wildman–Crippen LogP) is 2.06. The van der Waals surface area contributed by atoms with Crippen molar-refractivity contribution in [3.8, 4) is 0 Å². The maximum atomic E-state index is 11.5. The molecule has 0 atom stereocenters. The van der Waals surface area contributed by atoms with Crippen molar-refractivity contribution < 1.29 is 9.53 Å². The highest BCUT2D eigenvalue weighted by Crippen LogP contribution is 2.14. The summed E-state index contributed by atoms with van der Waals surface area (Å²) in [7, 11) is 1.52. The van der Waals surface area contributed by atoms with Crippen molar-refractivity contribution in [2.75, 3.05) is 13.7 Å². The highest BCUT2D eigenvalue weighted by atomic mass is 16.5. The molecule has 0 aliphatic heterocycles. The van der Waals surface area contributed by atoms with Gasteiger partial charge in [0.25, 0.3) is 0 Å². The Labute approximate surface area is 87.7 Å². The number of Topliss-reactive ketones (excluding diaryl/α,β-unsaturated/α-hetero) is 1. The third-order valence-corrected chi connectivity index (χ3v) is 2.24. The van der Waals surface area contributed by atoms with E-state index in [4.69, 9.17) is 4.74 Å². The molecule has 0 bridgehead atoms. The van der Waals surface area contributed by atoms with E-state index in [-0.39, 0.29) is 12.4 Å². The molecule has 1 aromatic carbocycles. The zero-order chi connectivity index (χ0) is 10.7. The smallest absolute Gasteiger partial charge is 0.188 e. The highest BCUT2D eigenvalue weighted by molar-refractivity contribution is 6.00. The zero-order valence-corrected chi connectivity index (χ0v) is 8.43. The van der Waals surface area contributed by atoms with Crippen LogP contribution >= 0.6 is 0 Å². The molecule has 0 saturated heterocycles. The van der Waals surface area contributed by atoms with Gasteiger partial charge in [0.05, 0.1) is 0 Å². The highest BCUT2D eigenvalue weighted by Gasteiger charge is 2.05. The van der Waals surface area contributed by atoms with Gasteiger partial charge in [-0.3, -0.25) is 9.78 Å². The summed E-state index contributed by atoms with van der Waals surface area (Å²) in [6, 6.07) is 7.44. The van der Waals surface area contributed by atoms with E-state index in [1.807, 2.05) is 18.2 Å². The summed E-state index contributed by atoms with van der Waals surface area (Å²) < 4.78 is 4.81. The molecule has 2 rings (SSSR count). The lowest BCUT2D eigenvalue weighted by atomic mass is 10.1. The molecule has 15 heavy (non-hydrogen) atoms. The first-order valence-corrected chi connectivity index (χ1v) is 4.67. The molecule has 0 aliphatic carbocycles. The lowest BCUT2D eigenvalue weighted by Crippen LogP contribution is -2.06. The topological polar surface area (TPSA) is 39.2 Å². The second kappa shape index (κ2) is 4.19. The number of methoxy groups -OCH3 is 1. The molecule has 0 unspecified atom stereocenters. The van der Waals surface area contributed by atoms with Crippen LogP contribution < -0.4 is 0 Å². The number of hydrogen-bond donors (Lipinski definition) is 0. The minimum Gasteiger partial charge on any atom is -0.377 e. The lowest BCUT2D eigenvalue weighted by Gasteiger charge is -2.01. The van der Waals surface area contributed by atoms with Crippen molar-refractivity contribution in [3.05, 3.63) is 42.2 Å². The molecule has 0 saturated carbocycles. The van der Waals surface area contributed by atoms with Crippen LogP contribution in [-0.4, -0.2) is 24.5 Å². The summed E-state index contributed by atoms with van der Waals surface area (Å²) >= 11 is 0. The van der Waals surface area contributed by atoms with Crippen molar-refractivity contribution in [2.24, 2.45) is 0 Å². The normalized spacial score (nSPS) is 10.5. The lowest BCUT2D eigenvalue weighted by molar-refractivity contribution is 0.0848. The SMILES string of the molecule is COCC(=O)c1ccc2cnccc2c1. The maximum absolute atomic E-state index is 11.5. The van der Waals surface area contributed by atoms with E-state index in [1.54, 1.807) is 18.5 Å². The first kappa shape index (κ1) is 9.80. The Morgan fingerprint density at radius 1 is 1.33 bits per heavy atom. The van der Waals surface area contributed by atoms with Gasteiger partial charge in [-0.2, -0.15) is 0 Å². The molecule has 3 heteroatoms. The molecule has 1 heterocycles. The molecule has 1 aromatic heterocycles. The number of aromatic nitrogens is 1. The molecular formula is C12H11NO2. The number of ketones is 1. The molecule has 0 amide bonds. The van der Waals surface area contributed by atoms with Gasteiger partial charge in [-0.05, 0) is 17.5 Å². The quantitative estimate of drug-likeness (QED) is 0.713. The zero-order valence-electron chi connectivity index (χ0n) is 8.43. The van der Waals surface area contributed by atoms with Crippen LogP contribution in [0.4, 0.5) is 0 Å². The molecule has 2 aromatic rings. The third kappa shape index (κ3) is 2.02. The predicted molar refractivity (Wildman–Crippen MR) is 57.9 cm³/mol.